The number of amides is 1. The lowest BCUT2D eigenvalue weighted by molar-refractivity contribution is 0.102. The summed E-state index contributed by atoms with van der Waals surface area (Å²) in [6.45, 7) is 3.58. The van der Waals surface area contributed by atoms with Crippen LogP contribution in [0.2, 0.25) is 0 Å². The van der Waals surface area contributed by atoms with Crippen LogP contribution in [-0.2, 0) is 10.0 Å². The van der Waals surface area contributed by atoms with Gasteiger partial charge in [0.1, 0.15) is 0 Å². The third kappa shape index (κ3) is 4.35. The molecule has 0 aliphatic rings. The van der Waals surface area contributed by atoms with Crippen molar-refractivity contribution in [3.8, 4) is 0 Å². The Balaban J connectivity index is 1.83. The second kappa shape index (κ2) is 7.63. The van der Waals surface area contributed by atoms with Crippen LogP contribution in [0.3, 0.4) is 0 Å². The molecule has 5 nitrogen and oxygen atoms in total. The lowest BCUT2D eigenvalue weighted by Crippen LogP contribution is -2.16. The molecule has 0 saturated heterocycles. The Kier molecular flexibility index (Phi) is 5.28. The second-order valence-corrected chi connectivity index (χ2v) is 7.87. The van der Waals surface area contributed by atoms with Gasteiger partial charge in [-0.05, 0) is 61.4 Å². The highest BCUT2D eigenvalue weighted by Gasteiger charge is 2.18. The molecule has 3 aromatic carbocycles. The molecule has 27 heavy (non-hydrogen) atoms. The van der Waals surface area contributed by atoms with E-state index in [0.717, 1.165) is 11.3 Å². The summed E-state index contributed by atoms with van der Waals surface area (Å²) in [5.41, 5.74) is 3.06. The van der Waals surface area contributed by atoms with Gasteiger partial charge in [0.25, 0.3) is 15.9 Å². The summed E-state index contributed by atoms with van der Waals surface area (Å²) >= 11 is 0. The van der Waals surface area contributed by atoms with Gasteiger partial charge in [-0.2, -0.15) is 0 Å². The van der Waals surface area contributed by atoms with Crippen molar-refractivity contribution in [2.75, 3.05) is 10.0 Å². The van der Waals surface area contributed by atoms with Crippen LogP contribution < -0.4 is 10.0 Å². The Bertz CT molecular complexity index is 1080. The zero-order valence-electron chi connectivity index (χ0n) is 15.1. The average molecular weight is 380 g/mol. The summed E-state index contributed by atoms with van der Waals surface area (Å²) in [7, 11) is -3.73. The molecule has 0 saturated carbocycles. The highest BCUT2D eigenvalue weighted by Crippen LogP contribution is 2.21. The molecule has 0 heterocycles. The molecule has 6 heteroatoms. The van der Waals surface area contributed by atoms with E-state index >= 15 is 0 Å². The van der Waals surface area contributed by atoms with Crippen molar-refractivity contribution in [2.45, 2.75) is 18.7 Å². The summed E-state index contributed by atoms with van der Waals surface area (Å²) in [5, 5.41) is 2.85. The van der Waals surface area contributed by atoms with Gasteiger partial charge in [-0.15, -0.1) is 0 Å². The van der Waals surface area contributed by atoms with Gasteiger partial charge in [0.05, 0.1) is 4.90 Å². The fourth-order valence-electron chi connectivity index (χ4n) is 2.72. The number of anilines is 2. The van der Waals surface area contributed by atoms with Crippen LogP contribution in [0.1, 0.15) is 21.5 Å². The largest absolute Gasteiger partial charge is 0.322 e. The zero-order valence-corrected chi connectivity index (χ0v) is 15.9. The molecule has 1 amide bonds. The highest BCUT2D eigenvalue weighted by atomic mass is 32.2. The molecule has 0 aliphatic heterocycles. The number of carbonyl (C=O) groups excluding carboxylic acids is 1. The third-order valence-electron chi connectivity index (χ3n) is 4.15. The van der Waals surface area contributed by atoms with E-state index in [4.69, 9.17) is 0 Å². The van der Waals surface area contributed by atoms with Crippen molar-refractivity contribution >= 4 is 27.3 Å². The number of hydrogen-bond acceptors (Lipinski definition) is 3. The Hall–Kier alpha value is -3.12. The van der Waals surface area contributed by atoms with E-state index in [1.807, 2.05) is 37.3 Å². The molecule has 0 aromatic heterocycles. The normalized spacial score (nSPS) is 11.0. The number of aryl methyl sites for hydroxylation is 2. The SMILES string of the molecule is Cc1ccccc1NC(=O)c1ccc(S(=O)(=O)Nc2ccccc2)c(C)c1. The smallest absolute Gasteiger partial charge is 0.262 e. The van der Waals surface area contributed by atoms with Gasteiger partial charge in [-0.3, -0.25) is 9.52 Å². The van der Waals surface area contributed by atoms with Gasteiger partial charge < -0.3 is 5.32 Å². The molecule has 0 atom stereocenters. The van der Waals surface area contributed by atoms with Gasteiger partial charge in [-0.25, -0.2) is 8.42 Å². The van der Waals surface area contributed by atoms with Crippen molar-refractivity contribution in [3.63, 3.8) is 0 Å². The number of benzene rings is 3. The maximum atomic E-state index is 12.6. The maximum Gasteiger partial charge on any atom is 0.262 e. The molecule has 0 spiro atoms. The third-order valence-corrected chi connectivity index (χ3v) is 5.69. The summed E-state index contributed by atoms with van der Waals surface area (Å²) in [5.74, 6) is -0.285. The molecule has 2 N–H and O–H groups in total. The second-order valence-electron chi connectivity index (χ2n) is 6.22. The van der Waals surface area contributed by atoms with Gasteiger partial charge in [0.15, 0.2) is 0 Å². The average Bonchev–Trinajstić information content (AvgIpc) is 2.63. The fourth-order valence-corrected chi connectivity index (χ4v) is 4.00. The van der Waals surface area contributed by atoms with E-state index in [9.17, 15) is 13.2 Å². The van der Waals surface area contributed by atoms with Crippen LogP contribution in [-0.4, -0.2) is 14.3 Å². The van der Waals surface area contributed by atoms with E-state index in [1.165, 1.54) is 12.1 Å². The van der Waals surface area contributed by atoms with Gasteiger partial charge >= 0.3 is 0 Å². The summed E-state index contributed by atoms with van der Waals surface area (Å²) in [4.78, 5) is 12.6. The number of nitrogens with one attached hydrogen (secondary N) is 2. The number of para-hydroxylation sites is 2. The van der Waals surface area contributed by atoms with Crippen molar-refractivity contribution in [3.05, 3.63) is 89.5 Å². The van der Waals surface area contributed by atoms with Gasteiger partial charge in [0, 0.05) is 16.9 Å². The van der Waals surface area contributed by atoms with Crippen molar-refractivity contribution in [1.29, 1.82) is 0 Å². The number of hydrogen-bond donors (Lipinski definition) is 2. The maximum absolute atomic E-state index is 12.6. The first-order valence-electron chi connectivity index (χ1n) is 8.42. The highest BCUT2D eigenvalue weighted by molar-refractivity contribution is 7.92. The lowest BCUT2D eigenvalue weighted by atomic mass is 10.1. The molecular weight excluding hydrogens is 360 g/mol. The van der Waals surface area contributed by atoms with Crippen LogP contribution in [0.5, 0.6) is 0 Å². The van der Waals surface area contributed by atoms with E-state index in [1.54, 1.807) is 37.3 Å². The molecule has 0 fully saturated rings. The van der Waals surface area contributed by atoms with Crippen molar-refractivity contribution in [2.24, 2.45) is 0 Å². The van der Waals surface area contributed by atoms with E-state index in [-0.39, 0.29) is 10.8 Å². The Morgan fingerprint density at radius 3 is 2.15 bits per heavy atom. The molecule has 0 aliphatic carbocycles. The van der Waals surface area contributed by atoms with Gasteiger partial charge in [-0.1, -0.05) is 36.4 Å². The monoisotopic (exact) mass is 380 g/mol. The molecule has 0 radical (unpaired) electrons. The topological polar surface area (TPSA) is 75.3 Å². The van der Waals surface area contributed by atoms with Crippen LogP contribution in [0.25, 0.3) is 0 Å². The number of rotatable bonds is 5. The Labute approximate surface area is 159 Å². The predicted octanol–water partition coefficient (Wildman–Crippen LogP) is 4.36. The molecule has 138 valence electrons. The fraction of sp³-hybridized carbons (Fsp3) is 0.0952. The summed E-state index contributed by atoms with van der Waals surface area (Å²) in [6.07, 6.45) is 0. The molecule has 3 rings (SSSR count). The molecule has 0 bridgehead atoms. The van der Waals surface area contributed by atoms with E-state index in [2.05, 4.69) is 10.0 Å². The predicted molar refractivity (Wildman–Crippen MR) is 108 cm³/mol. The first-order chi connectivity index (χ1) is 12.9. The van der Waals surface area contributed by atoms with Crippen LogP contribution in [0.15, 0.2) is 77.7 Å². The molecule has 0 unspecified atom stereocenters. The van der Waals surface area contributed by atoms with Gasteiger partial charge in [0.2, 0.25) is 0 Å². The van der Waals surface area contributed by atoms with Crippen molar-refractivity contribution in [1.82, 2.24) is 0 Å². The molecule has 3 aromatic rings. The quantitative estimate of drug-likeness (QED) is 0.691. The Morgan fingerprint density at radius 1 is 0.815 bits per heavy atom. The first kappa shape index (κ1) is 18.7. The van der Waals surface area contributed by atoms with E-state index in [0.29, 0.717) is 16.8 Å². The van der Waals surface area contributed by atoms with E-state index < -0.39 is 10.0 Å². The van der Waals surface area contributed by atoms with Crippen LogP contribution in [0, 0.1) is 13.8 Å². The van der Waals surface area contributed by atoms with Crippen LogP contribution in [0.4, 0.5) is 11.4 Å². The lowest BCUT2D eigenvalue weighted by Gasteiger charge is -2.12. The summed E-state index contributed by atoms with van der Waals surface area (Å²) < 4.78 is 27.8. The number of carbonyl (C=O) groups is 1. The minimum atomic E-state index is -3.73. The minimum Gasteiger partial charge on any atom is -0.322 e. The number of sulfonamides is 1. The van der Waals surface area contributed by atoms with Crippen LogP contribution >= 0.6 is 0 Å². The standard InChI is InChI=1S/C21H20N2O3S/c1-15-8-6-7-11-19(15)22-21(24)17-12-13-20(16(2)14-17)27(25,26)23-18-9-4-3-5-10-18/h3-14,23H,1-2H3,(H,22,24). The van der Waals surface area contributed by atoms with Crippen molar-refractivity contribution < 1.29 is 13.2 Å². The molecular formula is C21H20N2O3S. The minimum absolute atomic E-state index is 0.138. The summed E-state index contributed by atoms with van der Waals surface area (Å²) in [6, 6.07) is 20.7. The zero-order chi connectivity index (χ0) is 19.4. The Morgan fingerprint density at radius 2 is 1.48 bits per heavy atom. The first-order valence-corrected chi connectivity index (χ1v) is 9.90.